The van der Waals surface area contributed by atoms with Crippen LogP contribution in [0.3, 0.4) is 0 Å². The van der Waals surface area contributed by atoms with Crippen LogP contribution in [0.5, 0.6) is 0 Å². The average Bonchev–Trinajstić information content (AvgIpc) is 2.79. The lowest BCUT2D eigenvalue weighted by Gasteiger charge is -2.09. The third kappa shape index (κ3) is 2.77. The van der Waals surface area contributed by atoms with Gasteiger partial charge in [-0.25, -0.2) is 13.4 Å². The molecule has 2 rings (SSSR count). The van der Waals surface area contributed by atoms with Crippen molar-refractivity contribution in [2.45, 2.75) is 11.8 Å². The van der Waals surface area contributed by atoms with Crippen molar-refractivity contribution < 1.29 is 8.42 Å². The van der Waals surface area contributed by atoms with E-state index in [0.717, 1.165) is 0 Å². The first-order valence-corrected chi connectivity index (χ1v) is 7.96. The first kappa shape index (κ1) is 13.6. The molecule has 18 heavy (non-hydrogen) atoms. The molecule has 2 aromatic rings. The molecule has 0 radical (unpaired) electrons. The molecule has 0 atom stereocenters. The Morgan fingerprint density at radius 3 is 2.67 bits per heavy atom. The summed E-state index contributed by atoms with van der Waals surface area (Å²) in [6.07, 6.45) is 0. The van der Waals surface area contributed by atoms with Crippen LogP contribution < -0.4 is 4.72 Å². The summed E-state index contributed by atoms with van der Waals surface area (Å²) in [5.74, 6) is 0.0739. The lowest BCUT2D eigenvalue weighted by atomic mass is 10.4. The zero-order chi connectivity index (χ0) is 13.3. The second-order valence-corrected chi connectivity index (χ2v) is 6.73. The molecule has 0 aliphatic carbocycles. The van der Waals surface area contributed by atoms with Gasteiger partial charge in [-0.1, -0.05) is 23.2 Å². The van der Waals surface area contributed by atoms with E-state index in [1.165, 1.54) is 28.8 Å². The molecule has 0 aliphatic heterocycles. The van der Waals surface area contributed by atoms with E-state index in [4.69, 9.17) is 23.2 Å². The summed E-state index contributed by atoms with van der Waals surface area (Å²) in [6, 6.07) is 2.96. The third-order valence-electron chi connectivity index (χ3n) is 2.14. The fourth-order valence-electron chi connectivity index (χ4n) is 1.22. The number of hydrogen-bond donors (Lipinski definition) is 1. The van der Waals surface area contributed by atoms with Gasteiger partial charge in [0.15, 0.2) is 5.82 Å². The minimum Gasteiger partial charge on any atom is -0.262 e. The number of aryl methyl sites for hydroxylation is 1. The molecule has 96 valence electrons. The van der Waals surface area contributed by atoms with Crippen molar-refractivity contribution in [3.05, 3.63) is 38.6 Å². The summed E-state index contributed by atoms with van der Waals surface area (Å²) in [4.78, 5) is 4.20. The maximum Gasteiger partial charge on any atom is 0.263 e. The van der Waals surface area contributed by atoms with Crippen LogP contribution >= 0.6 is 34.5 Å². The van der Waals surface area contributed by atoms with Crippen LogP contribution in [0.2, 0.25) is 10.0 Å². The van der Waals surface area contributed by atoms with E-state index >= 15 is 0 Å². The van der Waals surface area contributed by atoms with Gasteiger partial charge in [-0.2, -0.15) is 11.3 Å². The van der Waals surface area contributed by atoms with Crippen molar-refractivity contribution >= 4 is 50.4 Å². The molecule has 8 heteroatoms. The van der Waals surface area contributed by atoms with E-state index < -0.39 is 10.0 Å². The predicted molar refractivity (Wildman–Crippen MR) is 74.1 cm³/mol. The summed E-state index contributed by atoms with van der Waals surface area (Å²) in [7, 11) is -3.65. The molecule has 0 aromatic carbocycles. The molecule has 2 heterocycles. The monoisotopic (exact) mass is 322 g/mol. The van der Waals surface area contributed by atoms with Crippen LogP contribution in [0.1, 0.15) is 5.69 Å². The molecule has 0 aliphatic rings. The molecule has 2 aromatic heterocycles. The Balaban J connectivity index is 2.39. The highest BCUT2D eigenvalue weighted by Crippen LogP contribution is 2.27. The van der Waals surface area contributed by atoms with Crippen LogP contribution in [-0.2, 0) is 10.0 Å². The van der Waals surface area contributed by atoms with Crippen molar-refractivity contribution in [3.8, 4) is 0 Å². The van der Waals surface area contributed by atoms with Crippen molar-refractivity contribution in [1.29, 1.82) is 0 Å². The van der Waals surface area contributed by atoms with Crippen molar-refractivity contribution in [2.24, 2.45) is 0 Å². The highest BCUT2D eigenvalue weighted by Gasteiger charge is 2.17. The Kier molecular flexibility index (Phi) is 3.82. The topological polar surface area (TPSA) is 59.1 Å². The summed E-state index contributed by atoms with van der Waals surface area (Å²) < 4.78 is 26.3. The van der Waals surface area contributed by atoms with Crippen LogP contribution in [0, 0.1) is 6.92 Å². The van der Waals surface area contributed by atoms with Crippen LogP contribution in [0.25, 0.3) is 0 Å². The van der Waals surface area contributed by atoms with Crippen molar-refractivity contribution in [2.75, 3.05) is 4.72 Å². The van der Waals surface area contributed by atoms with Gasteiger partial charge in [0, 0.05) is 5.38 Å². The van der Waals surface area contributed by atoms with Gasteiger partial charge in [0.2, 0.25) is 0 Å². The van der Waals surface area contributed by atoms with Gasteiger partial charge in [-0.05, 0) is 24.4 Å². The quantitative estimate of drug-likeness (QED) is 0.939. The summed E-state index contributed by atoms with van der Waals surface area (Å²) in [6.45, 7) is 1.67. The van der Waals surface area contributed by atoms with Crippen LogP contribution in [0.4, 0.5) is 5.82 Å². The first-order chi connectivity index (χ1) is 8.40. The number of thiophene rings is 1. The summed E-state index contributed by atoms with van der Waals surface area (Å²) in [5, 5.41) is 3.75. The molecule has 0 fully saturated rings. The largest absolute Gasteiger partial charge is 0.263 e. The minimum absolute atomic E-state index is 0.0739. The zero-order valence-corrected chi connectivity index (χ0v) is 12.3. The standard InChI is InChI=1S/C10H8Cl2N2O2S2/c1-6-8(11)4-9(12)10(13-6)14-18(15,16)7-2-3-17-5-7/h2-5H,1H3,(H,13,14). The van der Waals surface area contributed by atoms with Gasteiger partial charge in [-0.3, -0.25) is 4.72 Å². The Labute approximate surface area is 119 Å². The second kappa shape index (κ2) is 5.05. The van der Waals surface area contributed by atoms with E-state index in [1.54, 1.807) is 12.3 Å². The fourth-order valence-corrected chi connectivity index (χ4v) is 3.73. The fraction of sp³-hybridized carbons (Fsp3) is 0.100. The number of aromatic nitrogens is 1. The maximum absolute atomic E-state index is 12.0. The zero-order valence-electron chi connectivity index (χ0n) is 9.15. The number of sulfonamides is 1. The summed E-state index contributed by atoms with van der Waals surface area (Å²) in [5.41, 5.74) is 0.504. The molecular weight excluding hydrogens is 315 g/mol. The number of pyridine rings is 1. The predicted octanol–water partition coefficient (Wildman–Crippen LogP) is 3.56. The molecule has 0 unspecified atom stereocenters. The molecule has 0 bridgehead atoms. The van der Waals surface area contributed by atoms with Gasteiger partial charge < -0.3 is 0 Å². The Morgan fingerprint density at radius 1 is 1.33 bits per heavy atom. The minimum atomic E-state index is -3.65. The lowest BCUT2D eigenvalue weighted by molar-refractivity contribution is 0.601. The molecule has 0 saturated carbocycles. The number of rotatable bonds is 3. The van der Waals surface area contributed by atoms with Gasteiger partial charge in [0.1, 0.15) is 0 Å². The van der Waals surface area contributed by atoms with E-state index in [9.17, 15) is 8.42 Å². The number of anilines is 1. The highest BCUT2D eigenvalue weighted by molar-refractivity contribution is 7.92. The molecule has 4 nitrogen and oxygen atoms in total. The molecule has 0 amide bonds. The van der Waals surface area contributed by atoms with E-state index in [2.05, 4.69) is 9.71 Å². The third-order valence-corrected chi connectivity index (χ3v) is 4.98. The second-order valence-electron chi connectivity index (χ2n) is 3.45. The van der Waals surface area contributed by atoms with Gasteiger partial charge in [-0.15, -0.1) is 0 Å². The molecule has 1 N–H and O–H groups in total. The SMILES string of the molecule is Cc1nc(NS(=O)(=O)c2ccsc2)c(Cl)cc1Cl. The maximum atomic E-state index is 12.0. The number of nitrogens with zero attached hydrogens (tertiary/aromatic N) is 1. The van der Waals surface area contributed by atoms with Crippen LogP contribution in [0.15, 0.2) is 27.8 Å². The normalized spacial score (nSPS) is 11.5. The van der Waals surface area contributed by atoms with E-state index in [1.807, 2.05) is 0 Å². The smallest absolute Gasteiger partial charge is 0.262 e. The number of halogens is 2. The average molecular weight is 323 g/mol. The van der Waals surface area contributed by atoms with Crippen molar-refractivity contribution in [1.82, 2.24) is 4.98 Å². The number of hydrogen-bond acceptors (Lipinski definition) is 4. The van der Waals surface area contributed by atoms with E-state index in [-0.39, 0.29) is 15.7 Å². The first-order valence-electron chi connectivity index (χ1n) is 4.78. The Bertz CT molecular complexity index is 669. The highest BCUT2D eigenvalue weighted by atomic mass is 35.5. The van der Waals surface area contributed by atoms with Gasteiger partial charge in [0.25, 0.3) is 10.0 Å². The summed E-state index contributed by atoms with van der Waals surface area (Å²) >= 11 is 13.0. The molecular formula is C10H8Cl2N2O2S2. The number of nitrogens with one attached hydrogen (secondary N) is 1. The molecule has 0 spiro atoms. The lowest BCUT2D eigenvalue weighted by Crippen LogP contribution is -2.13. The van der Waals surface area contributed by atoms with E-state index in [0.29, 0.717) is 10.7 Å². The van der Waals surface area contributed by atoms with Gasteiger partial charge >= 0.3 is 0 Å². The van der Waals surface area contributed by atoms with Crippen LogP contribution in [-0.4, -0.2) is 13.4 Å². The van der Waals surface area contributed by atoms with Crippen molar-refractivity contribution in [3.63, 3.8) is 0 Å². The molecule has 0 saturated heterocycles. The Hall–Kier alpha value is -0.820. The van der Waals surface area contributed by atoms with Gasteiger partial charge in [0.05, 0.1) is 20.6 Å². The Morgan fingerprint density at radius 2 is 2.06 bits per heavy atom.